The SMILES string of the molecule is CCn1c(-c2nonc2N)nc2cncc(C(=O)NCc3ccc(OC)cc3)c21. The zero-order valence-electron chi connectivity index (χ0n) is 15.9. The normalized spacial score (nSPS) is 11.0. The number of methoxy groups -OCH3 is 1. The van der Waals surface area contributed by atoms with Crippen LogP contribution in [0.25, 0.3) is 22.6 Å². The maximum absolute atomic E-state index is 12.9. The Morgan fingerprint density at radius 1 is 1.24 bits per heavy atom. The fourth-order valence-electron chi connectivity index (χ4n) is 3.11. The molecule has 0 bridgehead atoms. The van der Waals surface area contributed by atoms with Gasteiger partial charge in [0.1, 0.15) is 11.3 Å². The Bertz CT molecular complexity index is 1160. The molecule has 4 rings (SSSR count). The van der Waals surface area contributed by atoms with Crippen LogP contribution in [0, 0.1) is 0 Å². The number of nitrogens with one attached hydrogen (secondary N) is 1. The maximum Gasteiger partial charge on any atom is 0.255 e. The van der Waals surface area contributed by atoms with Crippen molar-refractivity contribution in [1.82, 2.24) is 30.2 Å². The Morgan fingerprint density at radius 3 is 2.69 bits per heavy atom. The number of carbonyl (C=O) groups excluding carboxylic acids is 1. The highest BCUT2D eigenvalue weighted by Gasteiger charge is 2.22. The minimum Gasteiger partial charge on any atom is -0.497 e. The number of rotatable bonds is 6. The number of carbonyl (C=O) groups is 1. The number of benzene rings is 1. The highest BCUT2D eigenvalue weighted by atomic mass is 16.6. The Hall–Kier alpha value is -3.95. The molecule has 29 heavy (non-hydrogen) atoms. The van der Waals surface area contributed by atoms with Crippen LogP contribution in [-0.2, 0) is 13.1 Å². The molecule has 10 nitrogen and oxygen atoms in total. The Morgan fingerprint density at radius 2 is 2.03 bits per heavy atom. The molecule has 3 N–H and O–H groups in total. The minimum absolute atomic E-state index is 0.133. The summed E-state index contributed by atoms with van der Waals surface area (Å²) in [6, 6.07) is 7.48. The second-order valence-corrected chi connectivity index (χ2v) is 6.26. The Balaban J connectivity index is 1.67. The lowest BCUT2D eigenvalue weighted by Gasteiger charge is -2.09. The minimum atomic E-state index is -0.258. The second-order valence-electron chi connectivity index (χ2n) is 6.26. The van der Waals surface area contributed by atoms with Gasteiger partial charge in [0.05, 0.1) is 24.4 Å². The molecule has 0 fully saturated rings. The number of anilines is 1. The molecule has 148 valence electrons. The van der Waals surface area contributed by atoms with E-state index in [1.807, 2.05) is 35.8 Å². The van der Waals surface area contributed by atoms with Crippen LogP contribution in [0.5, 0.6) is 5.75 Å². The Labute approximate surface area is 165 Å². The van der Waals surface area contributed by atoms with Gasteiger partial charge in [-0.1, -0.05) is 12.1 Å². The van der Waals surface area contributed by atoms with E-state index in [2.05, 4.69) is 25.6 Å². The van der Waals surface area contributed by atoms with E-state index in [-0.39, 0.29) is 11.7 Å². The van der Waals surface area contributed by atoms with E-state index in [1.54, 1.807) is 13.3 Å². The monoisotopic (exact) mass is 393 g/mol. The molecule has 1 aromatic carbocycles. The lowest BCUT2D eigenvalue weighted by molar-refractivity contribution is 0.0952. The summed E-state index contributed by atoms with van der Waals surface area (Å²) in [6.45, 7) is 2.85. The molecule has 3 aromatic heterocycles. The number of ether oxygens (including phenoxy) is 1. The summed E-state index contributed by atoms with van der Waals surface area (Å²) in [6.07, 6.45) is 3.11. The third kappa shape index (κ3) is 3.35. The maximum atomic E-state index is 12.9. The van der Waals surface area contributed by atoms with Crippen molar-refractivity contribution in [2.75, 3.05) is 12.8 Å². The fourth-order valence-corrected chi connectivity index (χ4v) is 3.11. The van der Waals surface area contributed by atoms with Gasteiger partial charge in [0.25, 0.3) is 5.91 Å². The molecule has 3 heterocycles. The van der Waals surface area contributed by atoms with Gasteiger partial charge in [-0.05, 0) is 34.9 Å². The largest absolute Gasteiger partial charge is 0.497 e. The van der Waals surface area contributed by atoms with E-state index in [1.165, 1.54) is 6.20 Å². The van der Waals surface area contributed by atoms with Crippen molar-refractivity contribution in [3.8, 4) is 17.3 Å². The van der Waals surface area contributed by atoms with Gasteiger partial charge in [0, 0.05) is 19.3 Å². The number of aromatic nitrogens is 5. The second kappa shape index (κ2) is 7.58. The molecular weight excluding hydrogens is 374 g/mol. The fraction of sp³-hybridized carbons (Fsp3) is 0.211. The van der Waals surface area contributed by atoms with E-state index >= 15 is 0 Å². The van der Waals surface area contributed by atoms with E-state index in [0.717, 1.165) is 11.3 Å². The molecular formula is C19H19N7O3. The third-order valence-electron chi connectivity index (χ3n) is 4.55. The summed E-state index contributed by atoms with van der Waals surface area (Å²) in [4.78, 5) is 21.6. The highest BCUT2D eigenvalue weighted by molar-refractivity contribution is 6.05. The van der Waals surface area contributed by atoms with E-state index in [0.29, 0.717) is 41.2 Å². The number of aryl methyl sites for hydroxylation is 1. The van der Waals surface area contributed by atoms with E-state index in [4.69, 9.17) is 15.1 Å². The summed E-state index contributed by atoms with van der Waals surface area (Å²) >= 11 is 0. The summed E-state index contributed by atoms with van der Waals surface area (Å²) in [7, 11) is 1.61. The summed E-state index contributed by atoms with van der Waals surface area (Å²) < 4.78 is 11.7. The van der Waals surface area contributed by atoms with Crippen LogP contribution in [0.4, 0.5) is 5.82 Å². The molecule has 0 saturated carbocycles. The summed E-state index contributed by atoms with van der Waals surface area (Å²) in [5.41, 5.74) is 8.71. The van der Waals surface area contributed by atoms with Crippen LogP contribution in [0.2, 0.25) is 0 Å². The number of fused-ring (bicyclic) bond motifs is 1. The zero-order valence-corrected chi connectivity index (χ0v) is 15.9. The first-order valence-corrected chi connectivity index (χ1v) is 8.96. The third-order valence-corrected chi connectivity index (χ3v) is 4.55. The van der Waals surface area contributed by atoms with E-state index in [9.17, 15) is 4.79 Å². The number of pyridine rings is 1. The van der Waals surface area contributed by atoms with Crippen molar-refractivity contribution in [1.29, 1.82) is 0 Å². The topological polar surface area (TPSA) is 134 Å². The van der Waals surface area contributed by atoms with Crippen LogP contribution in [0.15, 0.2) is 41.3 Å². The van der Waals surface area contributed by atoms with Gasteiger partial charge in [-0.25, -0.2) is 9.61 Å². The van der Waals surface area contributed by atoms with Crippen molar-refractivity contribution in [2.24, 2.45) is 0 Å². The number of amides is 1. The number of hydrogen-bond acceptors (Lipinski definition) is 8. The van der Waals surface area contributed by atoms with Gasteiger partial charge < -0.3 is 20.4 Å². The van der Waals surface area contributed by atoms with Crippen LogP contribution in [-0.4, -0.2) is 37.9 Å². The first-order valence-electron chi connectivity index (χ1n) is 8.96. The van der Waals surface area contributed by atoms with Crippen LogP contribution >= 0.6 is 0 Å². The quantitative estimate of drug-likeness (QED) is 0.508. The van der Waals surface area contributed by atoms with Gasteiger partial charge in [-0.3, -0.25) is 9.78 Å². The van der Waals surface area contributed by atoms with E-state index < -0.39 is 0 Å². The van der Waals surface area contributed by atoms with Crippen LogP contribution in [0.1, 0.15) is 22.8 Å². The smallest absolute Gasteiger partial charge is 0.255 e. The van der Waals surface area contributed by atoms with Crippen LogP contribution in [0.3, 0.4) is 0 Å². The molecule has 0 aliphatic heterocycles. The molecule has 0 atom stereocenters. The molecule has 4 aromatic rings. The predicted octanol–water partition coefficient (Wildman–Crippen LogP) is 2.02. The lowest BCUT2D eigenvalue weighted by Crippen LogP contribution is -2.23. The Kier molecular flexibility index (Phi) is 4.82. The van der Waals surface area contributed by atoms with Crippen molar-refractivity contribution >= 4 is 22.8 Å². The zero-order chi connectivity index (χ0) is 20.4. The molecule has 0 aliphatic rings. The molecule has 1 amide bonds. The molecule has 0 radical (unpaired) electrons. The van der Waals surface area contributed by atoms with Crippen molar-refractivity contribution in [3.05, 3.63) is 47.8 Å². The number of nitrogen functional groups attached to an aromatic ring is 1. The van der Waals surface area contributed by atoms with Gasteiger partial charge in [0.2, 0.25) is 0 Å². The number of nitrogens with zero attached hydrogens (tertiary/aromatic N) is 5. The number of nitrogens with two attached hydrogens (primary N) is 1. The number of imidazole rings is 1. The van der Waals surface area contributed by atoms with Crippen molar-refractivity contribution in [3.63, 3.8) is 0 Å². The first kappa shape index (κ1) is 18.4. The van der Waals surface area contributed by atoms with Crippen molar-refractivity contribution in [2.45, 2.75) is 20.0 Å². The number of hydrogen-bond donors (Lipinski definition) is 2. The van der Waals surface area contributed by atoms with Gasteiger partial charge in [-0.15, -0.1) is 0 Å². The van der Waals surface area contributed by atoms with Gasteiger partial charge in [0.15, 0.2) is 17.3 Å². The molecule has 10 heteroatoms. The summed E-state index contributed by atoms with van der Waals surface area (Å²) in [5, 5.41) is 10.4. The average Bonchev–Trinajstić information content (AvgIpc) is 3.34. The van der Waals surface area contributed by atoms with Crippen LogP contribution < -0.4 is 15.8 Å². The highest BCUT2D eigenvalue weighted by Crippen LogP contribution is 2.28. The molecule has 0 saturated heterocycles. The molecule has 0 spiro atoms. The first-order chi connectivity index (χ1) is 14.1. The average molecular weight is 393 g/mol. The summed E-state index contributed by atoms with van der Waals surface area (Å²) in [5.74, 6) is 1.10. The predicted molar refractivity (Wildman–Crippen MR) is 105 cm³/mol. The lowest BCUT2D eigenvalue weighted by atomic mass is 10.2. The molecule has 0 aliphatic carbocycles. The van der Waals surface area contributed by atoms with Gasteiger partial charge >= 0.3 is 0 Å². The van der Waals surface area contributed by atoms with Gasteiger partial charge in [-0.2, -0.15) is 0 Å². The molecule has 0 unspecified atom stereocenters. The van der Waals surface area contributed by atoms with Crippen molar-refractivity contribution < 1.29 is 14.2 Å². The standard InChI is InChI=1S/C19H19N7O3/c1-3-26-16-13(19(27)22-8-11-4-6-12(28-2)7-5-11)9-21-10-14(16)23-18(26)15-17(20)25-29-24-15/h4-7,9-10H,3,8H2,1-2H3,(H2,20,25)(H,22,27).